The van der Waals surface area contributed by atoms with Gasteiger partial charge >= 0.3 is 0 Å². The molecule has 0 amide bonds. The molecule has 4 rings (SSSR count). The van der Waals surface area contributed by atoms with E-state index in [0.717, 1.165) is 21.2 Å². The van der Waals surface area contributed by atoms with Crippen molar-refractivity contribution in [2.24, 2.45) is 0 Å². The maximum atomic E-state index is 13.1. The van der Waals surface area contributed by atoms with Crippen molar-refractivity contribution in [2.75, 3.05) is 6.61 Å². The van der Waals surface area contributed by atoms with Gasteiger partial charge in [-0.2, -0.15) is 0 Å². The zero-order chi connectivity index (χ0) is 20.4. The van der Waals surface area contributed by atoms with Gasteiger partial charge in [-0.1, -0.05) is 45.8 Å². The Balaban J connectivity index is 1.55. The Morgan fingerprint density at radius 3 is 2.62 bits per heavy atom. The molecule has 0 aliphatic carbocycles. The number of halogens is 1. The molecule has 2 aromatic heterocycles. The Bertz CT molecular complexity index is 1180. The highest BCUT2D eigenvalue weighted by molar-refractivity contribution is 9.10. The first-order valence-corrected chi connectivity index (χ1v) is 10.8. The van der Waals surface area contributed by atoms with Crippen LogP contribution in [-0.2, 0) is 6.54 Å². The monoisotopic (exact) mass is 470 g/mol. The molecule has 0 aliphatic heterocycles. The number of fused-ring (bicyclic) bond motifs is 1. The van der Waals surface area contributed by atoms with Crippen molar-refractivity contribution in [1.29, 1.82) is 0 Å². The van der Waals surface area contributed by atoms with Gasteiger partial charge in [0.05, 0.1) is 18.3 Å². The molecule has 0 aliphatic rings. The van der Waals surface area contributed by atoms with E-state index in [4.69, 9.17) is 4.74 Å². The molecule has 2 aromatic carbocycles. The molecule has 2 heterocycles. The number of aliphatic hydroxyl groups excluding tert-OH is 1. The van der Waals surface area contributed by atoms with Crippen LogP contribution in [0.5, 0.6) is 5.75 Å². The maximum Gasteiger partial charge on any atom is 0.262 e. The number of aromatic nitrogens is 2. The molecule has 0 saturated heterocycles. The Labute approximate surface area is 180 Å². The van der Waals surface area contributed by atoms with Crippen LogP contribution in [0.25, 0.3) is 21.3 Å². The largest absolute Gasteiger partial charge is 0.491 e. The van der Waals surface area contributed by atoms with E-state index in [1.165, 1.54) is 22.2 Å². The number of rotatable bonds is 6. The lowest BCUT2D eigenvalue weighted by Crippen LogP contribution is -2.30. The molecule has 29 heavy (non-hydrogen) atoms. The molecule has 0 bridgehead atoms. The SMILES string of the molecule is Cc1ccc(OC[C@@H](O)Cn2cnc3scc(-c4ccc(Br)cc4)c3c2=O)cc1. The molecule has 0 radical (unpaired) electrons. The van der Waals surface area contributed by atoms with Gasteiger partial charge in [-0.25, -0.2) is 4.98 Å². The smallest absolute Gasteiger partial charge is 0.262 e. The van der Waals surface area contributed by atoms with E-state index >= 15 is 0 Å². The molecule has 5 nitrogen and oxygen atoms in total. The Morgan fingerprint density at radius 1 is 1.17 bits per heavy atom. The third kappa shape index (κ3) is 4.42. The van der Waals surface area contributed by atoms with Crippen molar-refractivity contribution < 1.29 is 9.84 Å². The van der Waals surface area contributed by atoms with E-state index in [2.05, 4.69) is 20.9 Å². The van der Waals surface area contributed by atoms with Crippen LogP contribution in [0.4, 0.5) is 0 Å². The van der Waals surface area contributed by atoms with Crippen molar-refractivity contribution in [3.05, 3.63) is 80.6 Å². The van der Waals surface area contributed by atoms with Gasteiger partial charge in [-0.05, 0) is 36.8 Å². The van der Waals surface area contributed by atoms with Crippen LogP contribution in [0.2, 0.25) is 0 Å². The molecule has 148 valence electrons. The van der Waals surface area contributed by atoms with Crippen LogP contribution in [0.15, 0.2) is 69.5 Å². The molecule has 0 spiro atoms. The molecule has 1 N–H and O–H groups in total. The van der Waals surface area contributed by atoms with Gasteiger partial charge in [0.25, 0.3) is 5.56 Å². The average molecular weight is 471 g/mol. The number of thiophene rings is 1. The van der Waals surface area contributed by atoms with Gasteiger partial charge in [0, 0.05) is 15.4 Å². The highest BCUT2D eigenvalue weighted by atomic mass is 79.9. The lowest BCUT2D eigenvalue weighted by molar-refractivity contribution is 0.0915. The molecule has 1 atom stereocenters. The van der Waals surface area contributed by atoms with Gasteiger partial charge in [-0.3, -0.25) is 9.36 Å². The second kappa shape index (κ2) is 8.49. The number of hydrogen-bond acceptors (Lipinski definition) is 5. The van der Waals surface area contributed by atoms with Gasteiger partial charge in [-0.15, -0.1) is 11.3 Å². The van der Waals surface area contributed by atoms with Crippen LogP contribution < -0.4 is 10.3 Å². The molecule has 0 unspecified atom stereocenters. The molecule has 4 aromatic rings. The minimum absolute atomic E-state index is 0.0940. The summed E-state index contributed by atoms with van der Waals surface area (Å²) in [6, 6.07) is 15.4. The van der Waals surface area contributed by atoms with Gasteiger partial charge in [0.2, 0.25) is 0 Å². The second-order valence-corrected chi connectivity index (χ2v) is 8.59. The van der Waals surface area contributed by atoms with Gasteiger partial charge < -0.3 is 9.84 Å². The summed E-state index contributed by atoms with van der Waals surface area (Å²) >= 11 is 4.87. The first-order chi connectivity index (χ1) is 14.0. The third-order valence-electron chi connectivity index (χ3n) is 4.59. The predicted molar refractivity (Wildman–Crippen MR) is 120 cm³/mol. The topological polar surface area (TPSA) is 64.3 Å². The first-order valence-electron chi connectivity index (χ1n) is 9.11. The zero-order valence-corrected chi connectivity index (χ0v) is 18.1. The highest BCUT2D eigenvalue weighted by Gasteiger charge is 2.15. The molecule has 0 fully saturated rings. The normalized spacial score (nSPS) is 12.2. The molecule has 7 heteroatoms. The fourth-order valence-electron chi connectivity index (χ4n) is 3.05. The minimum Gasteiger partial charge on any atom is -0.491 e. The van der Waals surface area contributed by atoms with Crippen LogP contribution in [0, 0.1) is 6.92 Å². The van der Waals surface area contributed by atoms with Crippen LogP contribution >= 0.6 is 27.3 Å². The van der Waals surface area contributed by atoms with Crippen molar-refractivity contribution in [3.8, 4) is 16.9 Å². The molecular weight excluding hydrogens is 452 g/mol. The summed E-state index contributed by atoms with van der Waals surface area (Å²) in [4.78, 5) is 18.2. The van der Waals surface area contributed by atoms with E-state index in [-0.39, 0.29) is 18.7 Å². The fourth-order valence-corrected chi connectivity index (χ4v) is 4.22. The Hall–Kier alpha value is -2.48. The van der Waals surface area contributed by atoms with Crippen LogP contribution in [-0.4, -0.2) is 27.4 Å². The van der Waals surface area contributed by atoms with Crippen molar-refractivity contribution >= 4 is 37.5 Å². The van der Waals surface area contributed by atoms with E-state index in [9.17, 15) is 9.90 Å². The number of aryl methyl sites for hydroxylation is 1. The number of hydrogen-bond donors (Lipinski definition) is 1. The lowest BCUT2D eigenvalue weighted by atomic mass is 10.1. The number of nitrogens with zero attached hydrogens (tertiary/aromatic N) is 2. The summed E-state index contributed by atoms with van der Waals surface area (Å²) in [7, 11) is 0. The van der Waals surface area contributed by atoms with Crippen molar-refractivity contribution in [3.63, 3.8) is 0 Å². The van der Waals surface area contributed by atoms with Gasteiger partial charge in [0.15, 0.2) is 0 Å². The Kier molecular flexibility index (Phi) is 5.80. The summed E-state index contributed by atoms with van der Waals surface area (Å²) in [6.45, 7) is 2.21. The summed E-state index contributed by atoms with van der Waals surface area (Å²) < 4.78 is 8.05. The quantitative estimate of drug-likeness (QED) is 0.445. The predicted octanol–water partition coefficient (Wildman–Crippen LogP) is 4.64. The van der Waals surface area contributed by atoms with E-state index < -0.39 is 6.10 Å². The number of aliphatic hydroxyl groups is 1. The standard InChI is InChI=1S/C22H19BrN2O3S/c1-14-2-8-18(9-3-14)28-11-17(26)10-25-13-24-21-20(22(25)27)19(12-29-21)15-4-6-16(23)7-5-15/h2-9,12-13,17,26H,10-11H2,1H3/t17-/m0/s1. The average Bonchev–Trinajstić information content (AvgIpc) is 3.15. The number of benzene rings is 2. The van der Waals surface area contributed by atoms with Crippen LogP contribution in [0.3, 0.4) is 0 Å². The van der Waals surface area contributed by atoms with Gasteiger partial charge in [0.1, 0.15) is 23.3 Å². The van der Waals surface area contributed by atoms with E-state index in [0.29, 0.717) is 16.0 Å². The summed E-state index contributed by atoms with van der Waals surface area (Å²) in [5.41, 5.74) is 2.79. The second-order valence-electron chi connectivity index (χ2n) is 6.82. The Morgan fingerprint density at radius 2 is 1.90 bits per heavy atom. The number of ether oxygens (including phenoxy) is 1. The highest BCUT2D eigenvalue weighted by Crippen LogP contribution is 2.31. The zero-order valence-electron chi connectivity index (χ0n) is 15.7. The minimum atomic E-state index is -0.831. The molecular formula is C22H19BrN2O3S. The summed E-state index contributed by atoms with van der Waals surface area (Å²) in [6.07, 6.45) is 0.657. The maximum absolute atomic E-state index is 13.1. The van der Waals surface area contributed by atoms with Crippen molar-refractivity contribution in [1.82, 2.24) is 9.55 Å². The van der Waals surface area contributed by atoms with Crippen molar-refractivity contribution in [2.45, 2.75) is 19.6 Å². The summed E-state index contributed by atoms with van der Waals surface area (Å²) in [5.74, 6) is 0.686. The fraction of sp³-hybridized carbons (Fsp3) is 0.182. The summed E-state index contributed by atoms with van der Waals surface area (Å²) in [5, 5.41) is 12.9. The van der Waals surface area contributed by atoms with E-state index in [1.807, 2.05) is 60.8 Å². The van der Waals surface area contributed by atoms with Crippen LogP contribution in [0.1, 0.15) is 5.56 Å². The van der Waals surface area contributed by atoms with E-state index in [1.54, 1.807) is 0 Å². The third-order valence-corrected chi connectivity index (χ3v) is 6.00. The molecule has 0 saturated carbocycles. The first kappa shape index (κ1) is 19.8. The lowest BCUT2D eigenvalue weighted by Gasteiger charge is -2.14.